The molecule has 6 rings (SSSR count). The highest BCUT2D eigenvalue weighted by molar-refractivity contribution is 7.19. The predicted octanol–water partition coefficient (Wildman–Crippen LogP) is 5.99. The number of rotatable bonds is 9. The first-order valence-corrected chi connectivity index (χ1v) is 14.0. The van der Waals surface area contributed by atoms with Crippen LogP contribution >= 0.6 is 11.3 Å². The van der Waals surface area contributed by atoms with E-state index in [1.807, 2.05) is 41.0 Å². The highest BCUT2D eigenvalue weighted by atomic mass is 32.1. The molecule has 0 saturated carbocycles. The third-order valence-electron chi connectivity index (χ3n) is 6.70. The SMILES string of the molecule is Nc1c(C(=O)c2ccccc2)sc(Nc2ccc(OC(F)F)cc2)c1-c1nnc(N2CCOCC2)n1-c1ccccc1. The minimum Gasteiger partial charge on any atom is -0.435 e. The molecule has 0 amide bonds. The van der Waals surface area contributed by atoms with Crippen molar-refractivity contribution in [3.8, 4) is 22.8 Å². The number of carbonyl (C=O) groups excluding carboxylic acids is 1. The van der Waals surface area contributed by atoms with Gasteiger partial charge in [-0.15, -0.1) is 21.5 Å². The van der Waals surface area contributed by atoms with Crippen molar-refractivity contribution in [2.75, 3.05) is 42.3 Å². The first-order valence-electron chi connectivity index (χ1n) is 13.2. The molecule has 12 heteroatoms. The molecule has 2 aromatic heterocycles. The van der Waals surface area contributed by atoms with Gasteiger partial charge in [0.15, 0.2) is 5.82 Å². The van der Waals surface area contributed by atoms with Gasteiger partial charge in [0.05, 0.1) is 30.2 Å². The number of nitrogens with one attached hydrogen (secondary N) is 1. The Balaban J connectivity index is 1.49. The fraction of sp³-hybridized carbons (Fsp3) is 0.167. The Labute approximate surface area is 244 Å². The van der Waals surface area contributed by atoms with Crippen molar-refractivity contribution in [1.29, 1.82) is 0 Å². The van der Waals surface area contributed by atoms with Gasteiger partial charge in [0.1, 0.15) is 15.6 Å². The molecule has 5 aromatic rings. The zero-order valence-corrected chi connectivity index (χ0v) is 23.1. The van der Waals surface area contributed by atoms with Gasteiger partial charge in [-0.25, -0.2) is 0 Å². The highest BCUT2D eigenvalue weighted by Crippen LogP contribution is 2.46. The minimum absolute atomic E-state index is 0.0281. The molecule has 0 unspecified atom stereocenters. The number of para-hydroxylation sites is 1. The summed E-state index contributed by atoms with van der Waals surface area (Å²) in [7, 11) is 0. The predicted molar refractivity (Wildman–Crippen MR) is 158 cm³/mol. The van der Waals surface area contributed by atoms with Crippen LogP contribution in [0.25, 0.3) is 17.1 Å². The van der Waals surface area contributed by atoms with E-state index in [1.54, 1.807) is 36.4 Å². The van der Waals surface area contributed by atoms with Crippen LogP contribution in [-0.4, -0.2) is 53.5 Å². The van der Waals surface area contributed by atoms with Gasteiger partial charge in [0, 0.05) is 24.3 Å². The number of thiophene rings is 1. The number of ketones is 1. The lowest BCUT2D eigenvalue weighted by atomic mass is 10.1. The van der Waals surface area contributed by atoms with Gasteiger partial charge in [-0.05, 0) is 36.4 Å². The van der Waals surface area contributed by atoms with E-state index in [4.69, 9.17) is 10.5 Å². The van der Waals surface area contributed by atoms with Gasteiger partial charge in [0.2, 0.25) is 11.7 Å². The minimum atomic E-state index is -2.93. The Kier molecular flexibility index (Phi) is 7.80. The lowest BCUT2D eigenvalue weighted by molar-refractivity contribution is -0.0498. The molecule has 9 nitrogen and oxygen atoms in total. The third kappa shape index (κ3) is 5.54. The second-order valence-electron chi connectivity index (χ2n) is 9.37. The molecule has 42 heavy (non-hydrogen) atoms. The zero-order chi connectivity index (χ0) is 29.1. The molecule has 3 heterocycles. The van der Waals surface area contributed by atoms with E-state index in [0.717, 1.165) is 5.69 Å². The summed E-state index contributed by atoms with van der Waals surface area (Å²) in [4.78, 5) is 16.1. The number of nitrogens with two attached hydrogens (primary N) is 1. The van der Waals surface area contributed by atoms with Crippen LogP contribution in [-0.2, 0) is 4.74 Å². The van der Waals surface area contributed by atoms with Crippen molar-refractivity contribution in [1.82, 2.24) is 14.8 Å². The fourth-order valence-electron chi connectivity index (χ4n) is 4.71. The molecule has 0 radical (unpaired) electrons. The van der Waals surface area contributed by atoms with Crippen molar-refractivity contribution >= 4 is 39.4 Å². The van der Waals surface area contributed by atoms with Gasteiger partial charge < -0.3 is 25.4 Å². The number of benzene rings is 3. The molecule has 214 valence electrons. The molecule has 0 atom stereocenters. The van der Waals surface area contributed by atoms with E-state index in [-0.39, 0.29) is 17.2 Å². The molecule has 0 spiro atoms. The average Bonchev–Trinajstić information content (AvgIpc) is 3.59. The maximum Gasteiger partial charge on any atom is 0.387 e. The molecule has 3 N–H and O–H groups in total. The molecule has 1 aliphatic heterocycles. The second-order valence-corrected chi connectivity index (χ2v) is 10.4. The molecule has 3 aromatic carbocycles. The van der Waals surface area contributed by atoms with Crippen molar-refractivity contribution < 1.29 is 23.0 Å². The van der Waals surface area contributed by atoms with Crippen LogP contribution in [0, 0.1) is 0 Å². The third-order valence-corrected chi connectivity index (χ3v) is 7.82. The van der Waals surface area contributed by atoms with Crippen LogP contribution in [0.1, 0.15) is 15.2 Å². The maximum absolute atomic E-state index is 13.6. The first-order chi connectivity index (χ1) is 20.5. The maximum atomic E-state index is 13.6. The van der Waals surface area contributed by atoms with E-state index in [0.29, 0.717) is 64.8 Å². The number of carbonyl (C=O) groups is 1. The second kappa shape index (κ2) is 12.0. The monoisotopic (exact) mass is 588 g/mol. The number of alkyl halides is 2. The van der Waals surface area contributed by atoms with Crippen molar-refractivity contribution in [2.45, 2.75) is 6.61 Å². The summed E-state index contributed by atoms with van der Waals surface area (Å²) in [6.45, 7) is -0.527. The highest BCUT2D eigenvalue weighted by Gasteiger charge is 2.30. The molecule has 1 aliphatic rings. The normalized spacial score (nSPS) is 13.4. The van der Waals surface area contributed by atoms with Crippen LogP contribution in [0.3, 0.4) is 0 Å². The van der Waals surface area contributed by atoms with E-state index in [9.17, 15) is 13.6 Å². The Morgan fingerprint density at radius 3 is 2.29 bits per heavy atom. The first kappa shape index (κ1) is 27.4. The number of hydrogen-bond donors (Lipinski definition) is 2. The van der Waals surface area contributed by atoms with Gasteiger partial charge in [0.25, 0.3) is 0 Å². The number of ether oxygens (including phenoxy) is 2. The van der Waals surface area contributed by atoms with Crippen LogP contribution in [0.4, 0.5) is 31.1 Å². The van der Waals surface area contributed by atoms with E-state index in [1.165, 1.54) is 23.5 Å². The van der Waals surface area contributed by atoms with Gasteiger partial charge in [-0.3, -0.25) is 9.36 Å². The Morgan fingerprint density at radius 1 is 0.952 bits per heavy atom. The standard InChI is InChI=1S/C30H26F2N6O3S/c31-29(32)41-22-13-11-20(12-14-22)34-28-23(24(33)26(42-28)25(39)19-7-3-1-4-8-19)27-35-36-30(37-15-17-40-18-16-37)38(27)21-9-5-2-6-10-21/h1-14,29,34H,15-18,33H2. The number of anilines is 4. The average molecular weight is 589 g/mol. The summed E-state index contributed by atoms with van der Waals surface area (Å²) in [5.41, 5.74) is 9.43. The Bertz CT molecular complexity index is 1670. The molecular formula is C30H26F2N6O3S. The van der Waals surface area contributed by atoms with Crippen molar-refractivity contribution in [3.05, 3.63) is 95.4 Å². The summed E-state index contributed by atoms with van der Waals surface area (Å²) in [5.74, 6) is 0.872. The molecule has 0 bridgehead atoms. The number of morpholine rings is 1. The summed E-state index contributed by atoms with van der Waals surface area (Å²) < 4.78 is 37.3. The molecule has 1 fully saturated rings. The number of halogens is 2. The summed E-state index contributed by atoms with van der Waals surface area (Å²) >= 11 is 1.19. The van der Waals surface area contributed by atoms with E-state index in [2.05, 4.69) is 25.2 Å². The molecular weight excluding hydrogens is 562 g/mol. The van der Waals surface area contributed by atoms with Gasteiger partial charge >= 0.3 is 6.61 Å². The van der Waals surface area contributed by atoms with E-state index >= 15 is 0 Å². The number of nitrogen functional groups attached to an aromatic ring is 1. The molecule has 1 saturated heterocycles. The lowest BCUT2D eigenvalue weighted by Gasteiger charge is -2.28. The zero-order valence-electron chi connectivity index (χ0n) is 22.2. The summed E-state index contributed by atoms with van der Waals surface area (Å²) in [5, 5.41) is 13.0. The quantitative estimate of drug-likeness (QED) is 0.202. The van der Waals surface area contributed by atoms with Crippen LogP contribution in [0.5, 0.6) is 5.75 Å². The topological polar surface area (TPSA) is 108 Å². The summed E-state index contributed by atoms with van der Waals surface area (Å²) in [6.07, 6.45) is 0. The lowest BCUT2D eigenvalue weighted by Crippen LogP contribution is -2.37. The number of hydrogen-bond acceptors (Lipinski definition) is 9. The summed E-state index contributed by atoms with van der Waals surface area (Å²) in [6, 6.07) is 24.6. The van der Waals surface area contributed by atoms with Crippen LogP contribution in [0.15, 0.2) is 84.9 Å². The smallest absolute Gasteiger partial charge is 0.387 e. The Morgan fingerprint density at radius 2 is 1.62 bits per heavy atom. The number of nitrogens with zero attached hydrogens (tertiary/aromatic N) is 4. The Hall–Kier alpha value is -4.81. The fourth-order valence-corrected chi connectivity index (χ4v) is 5.81. The van der Waals surface area contributed by atoms with Crippen LogP contribution in [0.2, 0.25) is 0 Å². The van der Waals surface area contributed by atoms with Crippen LogP contribution < -0.4 is 20.7 Å². The van der Waals surface area contributed by atoms with Gasteiger partial charge in [-0.2, -0.15) is 8.78 Å². The largest absolute Gasteiger partial charge is 0.435 e. The number of aromatic nitrogens is 3. The van der Waals surface area contributed by atoms with E-state index < -0.39 is 6.61 Å². The van der Waals surface area contributed by atoms with Crippen molar-refractivity contribution in [3.63, 3.8) is 0 Å². The molecule has 0 aliphatic carbocycles. The van der Waals surface area contributed by atoms with Gasteiger partial charge in [-0.1, -0.05) is 48.5 Å². The van der Waals surface area contributed by atoms with Crippen molar-refractivity contribution in [2.24, 2.45) is 0 Å².